The van der Waals surface area contributed by atoms with E-state index in [1.54, 1.807) is 12.4 Å². The van der Waals surface area contributed by atoms with Gasteiger partial charge in [0, 0.05) is 25.2 Å². The Balaban J connectivity index is 2.27. The Kier molecular flexibility index (Phi) is 5.91. The highest BCUT2D eigenvalue weighted by Gasteiger charge is 2.15. The predicted octanol–water partition coefficient (Wildman–Crippen LogP) is -0.498. The van der Waals surface area contributed by atoms with Crippen LogP contribution in [0.4, 0.5) is 0 Å². The zero-order chi connectivity index (χ0) is 14.3. The summed E-state index contributed by atoms with van der Waals surface area (Å²) in [6, 6.07) is 2.96. The number of hydrogen-bond acceptors (Lipinski definition) is 5. The molecule has 1 rings (SSSR count). The quantitative estimate of drug-likeness (QED) is 0.703. The minimum atomic E-state index is -3.08. The number of carbonyl (C=O) groups is 1. The summed E-state index contributed by atoms with van der Waals surface area (Å²) in [7, 11) is -3.08. The topological polar surface area (TPSA) is 102 Å². The van der Waals surface area contributed by atoms with Gasteiger partial charge in [-0.1, -0.05) is 6.07 Å². The summed E-state index contributed by atoms with van der Waals surface area (Å²) in [5.74, 6) is -0.406. The van der Waals surface area contributed by atoms with Gasteiger partial charge in [-0.2, -0.15) is 0 Å². The van der Waals surface area contributed by atoms with Crippen molar-refractivity contribution >= 4 is 15.7 Å². The van der Waals surface area contributed by atoms with E-state index in [2.05, 4.69) is 10.3 Å². The molecule has 0 aromatic carbocycles. The van der Waals surface area contributed by atoms with Crippen LogP contribution in [0.15, 0.2) is 24.5 Å². The van der Waals surface area contributed by atoms with Crippen molar-refractivity contribution < 1.29 is 13.2 Å². The van der Waals surface area contributed by atoms with Crippen molar-refractivity contribution in [1.82, 2.24) is 10.3 Å². The van der Waals surface area contributed by atoms with Crippen LogP contribution in [0.25, 0.3) is 0 Å². The first kappa shape index (κ1) is 15.6. The van der Waals surface area contributed by atoms with E-state index in [1.807, 2.05) is 12.1 Å². The van der Waals surface area contributed by atoms with Crippen LogP contribution >= 0.6 is 0 Å². The van der Waals surface area contributed by atoms with Crippen molar-refractivity contribution in [2.24, 2.45) is 5.73 Å². The van der Waals surface area contributed by atoms with Gasteiger partial charge in [0.05, 0.1) is 11.8 Å². The Hall–Kier alpha value is -1.47. The van der Waals surface area contributed by atoms with Crippen LogP contribution in [0.5, 0.6) is 0 Å². The first-order chi connectivity index (χ1) is 8.88. The van der Waals surface area contributed by atoms with Crippen molar-refractivity contribution in [3.05, 3.63) is 30.1 Å². The molecule has 0 saturated carbocycles. The Morgan fingerprint density at radius 1 is 1.53 bits per heavy atom. The smallest absolute Gasteiger partial charge is 0.236 e. The van der Waals surface area contributed by atoms with Gasteiger partial charge in [-0.15, -0.1) is 0 Å². The third-order valence-corrected chi connectivity index (χ3v) is 3.55. The SMILES string of the molecule is CS(=O)(=O)CCC(N)C(=O)NCCc1cccnc1. The average Bonchev–Trinajstić information content (AvgIpc) is 2.36. The molecule has 19 heavy (non-hydrogen) atoms. The summed E-state index contributed by atoms with van der Waals surface area (Å²) in [5.41, 5.74) is 6.64. The third kappa shape index (κ3) is 6.88. The van der Waals surface area contributed by atoms with Crippen LogP contribution in [0.3, 0.4) is 0 Å². The van der Waals surface area contributed by atoms with Gasteiger partial charge < -0.3 is 11.1 Å². The van der Waals surface area contributed by atoms with E-state index in [9.17, 15) is 13.2 Å². The molecule has 1 atom stereocenters. The maximum atomic E-state index is 11.6. The number of carbonyl (C=O) groups excluding carboxylic acids is 1. The summed E-state index contributed by atoms with van der Waals surface area (Å²) in [5, 5.41) is 2.68. The minimum absolute atomic E-state index is 0.0792. The lowest BCUT2D eigenvalue weighted by Crippen LogP contribution is -2.42. The number of sulfone groups is 1. The average molecular weight is 285 g/mol. The van der Waals surface area contributed by atoms with Crippen molar-refractivity contribution in [2.45, 2.75) is 18.9 Å². The zero-order valence-electron chi connectivity index (χ0n) is 10.9. The second-order valence-corrected chi connectivity index (χ2v) is 6.69. The monoisotopic (exact) mass is 285 g/mol. The van der Waals surface area contributed by atoms with Crippen molar-refractivity contribution in [3.8, 4) is 0 Å². The highest BCUT2D eigenvalue weighted by atomic mass is 32.2. The molecular weight excluding hydrogens is 266 g/mol. The van der Waals surface area contributed by atoms with E-state index in [0.29, 0.717) is 13.0 Å². The number of nitrogens with zero attached hydrogens (tertiary/aromatic N) is 1. The molecule has 6 nitrogen and oxygen atoms in total. The van der Waals surface area contributed by atoms with Crippen LogP contribution in [-0.2, 0) is 21.1 Å². The molecule has 0 fully saturated rings. The summed E-state index contributed by atoms with van der Waals surface area (Å²) in [6.07, 6.45) is 5.34. The van der Waals surface area contributed by atoms with Crippen molar-refractivity contribution in [2.75, 3.05) is 18.6 Å². The second kappa shape index (κ2) is 7.20. The van der Waals surface area contributed by atoms with E-state index in [4.69, 9.17) is 5.73 Å². The molecule has 106 valence electrons. The van der Waals surface area contributed by atoms with E-state index in [-0.39, 0.29) is 18.1 Å². The van der Waals surface area contributed by atoms with Crippen LogP contribution in [0, 0.1) is 0 Å². The number of pyridine rings is 1. The fourth-order valence-electron chi connectivity index (χ4n) is 1.48. The number of nitrogens with two attached hydrogens (primary N) is 1. The van der Waals surface area contributed by atoms with Gasteiger partial charge in [-0.3, -0.25) is 9.78 Å². The fraction of sp³-hybridized carbons (Fsp3) is 0.500. The highest BCUT2D eigenvalue weighted by Crippen LogP contribution is 1.97. The Labute approximate surface area is 113 Å². The largest absolute Gasteiger partial charge is 0.354 e. The molecule has 3 N–H and O–H groups in total. The molecule has 0 aliphatic rings. The molecule has 7 heteroatoms. The van der Waals surface area contributed by atoms with Crippen LogP contribution in [0.2, 0.25) is 0 Å². The Bertz CT molecular complexity index is 502. The fourth-order valence-corrected chi connectivity index (χ4v) is 2.16. The van der Waals surface area contributed by atoms with Gasteiger partial charge >= 0.3 is 0 Å². The van der Waals surface area contributed by atoms with Crippen LogP contribution in [0.1, 0.15) is 12.0 Å². The van der Waals surface area contributed by atoms with Gasteiger partial charge in [0.2, 0.25) is 5.91 Å². The van der Waals surface area contributed by atoms with Gasteiger partial charge in [0.1, 0.15) is 9.84 Å². The molecular formula is C12H19N3O3S. The summed E-state index contributed by atoms with van der Waals surface area (Å²) in [6.45, 7) is 0.455. The summed E-state index contributed by atoms with van der Waals surface area (Å²) in [4.78, 5) is 15.6. The van der Waals surface area contributed by atoms with E-state index >= 15 is 0 Å². The lowest BCUT2D eigenvalue weighted by atomic mass is 10.2. The number of amides is 1. The molecule has 0 saturated heterocycles. The highest BCUT2D eigenvalue weighted by molar-refractivity contribution is 7.90. The second-order valence-electron chi connectivity index (χ2n) is 4.43. The Morgan fingerprint density at radius 3 is 2.84 bits per heavy atom. The standard InChI is InChI=1S/C12H19N3O3S/c1-19(17,18)8-5-11(13)12(16)15-7-4-10-3-2-6-14-9-10/h2-3,6,9,11H,4-5,7-8,13H2,1H3,(H,15,16). The first-order valence-electron chi connectivity index (χ1n) is 5.98. The molecule has 1 aromatic rings. The summed E-state index contributed by atoms with van der Waals surface area (Å²) >= 11 is 0. The maximum Gasteiger partial charge on any atom is 0.236 e. The molecule has 0 aliphatic heterocycles. The molecule has 1 amide bonds. The van der Waals surface area contributed by atoms with Crippen LogP contribution in [-0.4, -0.2) is 43.9 Å². The normalized spacial score (nSPS) is 12.9. The molecule has 0 aliphatic carbocycles. The predicted molar refractivity (Wildman–Crippen MR) is 73.3 cm³/mol. The van der Waals surface area contributed by atoms with Crippen molar-refractivity contribution in [1.29, 1.82) is 0 Å². The van der Waals surface area contributed by atoms with Gasteiger partial charge in [-0.05, 0) is 24.5 Å². The first-order valence-corrected chi connectivity index (χ1v) is 8.04. The van der Waals surface area contributed by atoms with Gasteiger partial charge in [-0.25, -0.2) is 8.42 Å². The van der Waals surface area contributed by atoms with Crippen molar-refractivity contribution in [3.63, 3.8) is 0 Å². The maximum absolute atomic E-state index is 11.6. The van der Waals surface area contributed by atoms with Gasteiger partial charge in [0.15, 0.2) is 0 Å². The third-order valence-electron chi connectivity index (χ3n) is 2.57. The molecule has 1 unspecified atom stereocenters. The number of aromatic nitrogens is 1. The number of hydrogen-bond donors (Lipinski definition) is 2. The van der Waals surface area contributed by atoms with E-state index in [1.165, 1.54) is 0 Å². The lowest BCUT2D eigenvalue weighted by molar-refractivity contribution is -0.122. The number of nitrogens with one attached hydrogen (secondary N) is 1. The van der Waals surface area contributed by atoms with E-state index < -0.39 is 15.9 Å². The molecule has 0 radical (unpaired) electrons. The Morgan fingerprint density at radius 2 is 2.26 bits per heavy atom. The molecule has 1 aromatic heterocycles. The van der Waals surface area contributed by atoms with Gasteiger partial charge in [0.25, 0.3) is 0 Å². The lowest BCUT2D eigenvalue weighted by Gasteiger charge is -2.11. The minimum Gasteiger partial charge on any atom is -0.354 e. The molecule has 1 heterocycles. The van der Waals surface area contributed by atoms with E-state index in [0.717, 1.165) is 11.8 Å². The zero-order valence-corrected chi connectivity index (χ0v) is 11.7. The van der Waals surface area contributed by atoms with Crippen LogP contribution < -0.4 is 11.1 Å². The number of rotatable bonds is 7. The molecule has 0 bridgehead atoms. The molecule has 0 spiro atoms. The summed E-state index contributed by atoms with van der Waals surface area (Å²) < 4.78 is 21.9.